The third-order valence-electron chi connectivity index (χ3n) is 2.87. The molecule has 1 unspecified atom stereocenters. The van der Waals surface area contributed by atoms with Crippen molar-refractivity contribution in [3.8, 4) is 0 Å². The Morgan fingerprint density at radius 2 is 2.44 bits per heavy atom. The molecule has 0 spiro atoms. The van der Waals surface area contributed by atoms with Gasteiger partial charge in [-0.2, -0.15) is 16.9 Å². The summed E-state index contributed by atoms with van der Waals surface area (Å²) in [5.74, 6) is 3.72. The van der Waals surface area contributed by atoms with Crippen LogP contribution < -0.4 is 5.32 Å². The first-order valence-corrected chi connectivity index (χ1v) is 7.23. The lowest BCUT2D eigenvalue weighted by Crippen LogP contribution is -2.41. The molecule has 6 nitrogen and oxygen atoms in total. The molecular weight excluding hydrogens is 250 g/mol. The van der Waals surface area contributed by atoms with Gasteiger partial charge in [-0.1, -0.05) is 0 Å². The number of H-pyrrole nitrogens is 1. The number of aryl methyl sites for hydroxylation is 1. The summed E-state index contributed by atoms with van der Waals surface area (Å²) >= 11 is 1.90. The van der Waals surface area contributed by atoms with Crippen molar-refractivity contribution >= 4 is 17.7 Å². The van der Waals surface area contributed by atoms with E-state index in [0.29, 0.717) is 24.8 Å². The molecule has 2 N–H and O–H groups in total. The van der Waals surface area contributed by atoms with E-state index < -0.39 is 0 Å². The molecular formula is C11H19N5OS. The number of nitrogens with one attached hydrogen (secondary N) is 2. The summed E-state index contributed by atoms with van der Waals surface area (Å²) in [6.45, 7) is 3.30. The maximum absolute atomic E-state index is 12.0. The zero-order chi connectivity index (χ0) is 13.0. The van der Waals surface area contributed by atoms with Crippen LogP contribution in [0.3, 0.4) is 0 Å². The lowest BCUT2D eigenvalue weighted by atomic mass is 10.2. The van der Waals surface area contributed by atoms with Gasteiger partial charge in [0.05, 0.1) is 6.54 Å². The van der Waals surface area contributed by atoms with Gasteiger partial charge < -0.3 is 10.2 Å². The number of aromatic amines is 1. The smallest absolute Gasteiger partial charge is 0.224 e. The fourth-order valence-corrected chi connectivity index (χ4v) is 2.83. The summed E-state index contributed by atoms with van der Waals surface area (Å²) < 4.78 is 0. The van der Waals surface area contributed by atoms with E-state index in [1.807, 2.05) is 18.7 Å². The van der Waals surface area contributed by atoms with Crippen LogP contribution in [0.1, 0.15) is 18.1 Å². The van der Waals surface area contributed by atoms with Gasteiger partial charge in [0.2, 0.25) is 5.91 Å². The van der Waals surface area contributed by atoms with Gasteiger partial charge in [-0.15, -0.1) is 0 Å². The maximum Gasteiger partial charge on any atom is 0.224 e. The predicted octanol–water partition coefficient (Wildman–Crippen LogP) is 0.167. The number of aromatic nitrogens is 3. The van der Waals surface area contributed by atoms with Crippen LogP contribution in [-0.2, 0) is 11.3 Å². The van der Waals surface area contributed by atoms with E-state index in [9.17, 15) is 4.79 Å². The monoisotopic (exact) mass is 269 g/mol. The van der Waals surface area contributed by atoms with Gasteiger partial charge in [-0.25, -0.2) is 4.98 Å². The fraction of sp³-hybridized carbons (Fsp3) is 0.727. The molecule has 1 aliphatic heterocycles. The molecule has 1 aliphatic rings. The number of carbonyl (C=O) groups is 1. The van der Waals surface area contributed by atoms with Crippen molar-refractivity contribution in [2.24, 2.45) is 0 Å². The van der Waals surface area contributed by atoms with Crippen LogP contribution in [0.2, 0.25) is 0 Å². The van der Waals surface area contributed by atoms with Crippen molar-refractivity contribution in [3.63, 3.8) is 0 Å². The first-order valence-electron chi connectivity index (χ1n) is 6.08. The van der Waals surface area contributed by atoms with E-state index in [1.165, 1.54) is 0 Å². The summed E-state index contributed by atoms with van der Waals surface area (Å²) in [5.41, 5.74) is 0. The van der Waals surface area contributed by atoms with Gasteiger partial charge in [-0.3, -0.25) is 9.89 Å². The molecule has 1 aromatic heterocycles. The van der Waals surface area contributed by atoms with Crippen LogP contribution in [0.5, 0.6) is 0 Å². The van der Waals surface area contributed by atoms with E-state index in [0.717, 1.165) is 23.9 Å². The summed E-state index contributed by atoms with van der Waals surface area (Å²) in [6.07, 6.45) is 0.549. The number of thioether (sulfide) groups is 1. The topological polar surface area (TPSA) is 73.9 Å². The minimum Gasteiger partial charge on any atom is -0.338 e. The molecule has 1 atom stereocenters. The molecule has 2 rings (SSSR count). The molecule has 0 radical (unpaired) electrons. The minimum absolute atomic E-state index is 0.137. The standard InChI is InChI=1S/C11H19N5OS/c1-8-13-10(15-14-8)6-16(2)11(17)5-9-7-18-4-3-12-9/h9,12H,3-7H2,1-2H3,(H,13,14,15). The number of hydrogen-bond acceptors (Lipinski definition) is 5. The highest BCUT2D eigenvalue weighted by atomic mass is 32.2. The van der Waals surface area contributed by atoms with Gasteiger partial charge in [-0.05, 0) is 6.92 Å². The molecule has 0 aliphatic carbocycles. The van der Waals surface area contributed by atoms with Crippen LogP contribution in [-0.4, -0.2) is 57.1 Å². The third-order valence-corrected chi connectivity index (χ3v) is 4.00. The molecule has 0 saturated carbocycles. The van der Waals surface area contributed by atoms with E-state index >= 15 is 0 Å². The van der Waals surface area contributed by atoms with Crippen molar-refractivity contribution in [2.75, 3.05) is 25.1 Å². The van der Waals surface area contributed by atoms with Gasteiger partial charge in [0.1, 0.15) is 5.82 Å². The van der Waals surface area contributed by atoms with Crippen LogP contribution in [0.25, 0.3) is 0 Å². The highest BCUT2D eigenvalue weighted by Crippen LogP contribution is 2.11. The Labute approximate surface area is 111 Å². The Morgan fingerprint density at radius 3 is 3.06 bits per heavy atom. The van der Waals surface area contributed by atoms with Crippen molar-refractivity contribution < 1.29 is 4.79 Å². The summed E-state index contributed by atoms with van der Waals surface area (Å²) in [7, 11) is 1.80. The Balaban J connectivity index is 1.80. The second-order valence-corrected chi connectivity index (χ2v) is 5.67. The minimum atomic E-state index is 0.137. The summed E-state index contributed by atoms with van der Waals surface area (Å²) in [4.78, 5) is 17.9. The lowest BCUT2D eigenvalue weighted by Gasteiger charge is -2.24. The zero-order valence-electron chi connectivity index (χ0n) is 10.8. The number of hydrogen-bond donors (Lipinski definition) is 2. The van der Waals surface area contributed by atoms with Crippen LogP contribution in [0.15, 0.2) is 0 Å². The van der Waals surface area contributed by atoms with E-state index in [4.69, 9.17) is 0 Å². The summed E-state index contributed by atoms with van der Waals surface area (Å²) in [5, 5.41) is 10.2. The number of rotatable bonds is 4. The first-order chi connectivity index (χ1) is 8.65. The Hall–Kier alpha value is -1.08. The maximum atomic E-state index is 12.0. The van der Waals surface area contributed by atoms with E-state index in [2.05, 4.69) is 20.5 Å². The molecule has 1 aromatic rings. The number of nitrogens with zero attached hydrogens (tertiary/aromatic N) is 3. The molecule has 2 heterocycles. The quantitative estimate of drug-likeness (QED) is 0.815. The highest BCUT2D eigenvalue weighted by Gasteiger charge is 2.19. The Bertz CT molecular complexity index is 402. The van der Waals surface area contributed by atoms with Crippen molar-refractivity contribution in [2.45, 2.75) is 25.9 Å². The van der Waals surface area contributed by atoms with Gasteiger partial charge >= 0.3 is 0 Å². The number of carbonyl (C=O) groups excluding carboxylic acids is 1. The van der Waals surface area contributed by atoms with Crippen molar-refractivity contribution in [3.05, 3.63) is 11.6 Å². The SMILES string of the molecule is Cc1nc(CN(C)C(=O)CC2CSCCN2)n[nH]1. The normalized spacial score (nSPS) is 19.8. The van der Waals surface area contributed by atoms with Gasteiger partial charge in [0.25, 0.3) is 0 Å². The second kappa shape index (κ2) is 6.19. The highest BCUT2D eigenvalue weighted by molar-refractivity contribution is 7.99. The van der Waals surface area contributed by atoms with Crippen LogP contribution in [0, 0.1) is 6.92 Å². The average Bonchev–Trinajstić information content (AvgIpc) is 2.76. The molecule has 1 saturated heterocycles. The first kappa shape index (κ1) is 13.4. The Kier molecular flexibility index (Phi) is 4.60. The van der Waals surface area contributed by atoms with Crippen LogP contribution in [0.4, 0.5) is 0 Å². The van der Waals surface area contributed by atoms with Crippen molar-refractivity contribution in [1.82, 2.24) is 25.4 Å². The number of amides is 1. The van der Waals surface area contributed by atoms with E-state index in [1.54, 1.807) is 11.9 Å². The average molecular weight is 269 g/mol. The van der Waals surface area contributed by atoms with Crippen molar-refractivity contribution in [1.29, 1.82) is 0 Å². The molecule has 18 heavy (non-hydrogen) atoms. The predicted molar refractivity (Wildman–Crippen MR) is 71.3 cm³/mol. The van der Waals surface area contributed by atoms with Crippen LogP contribution >= 0.6 is 11.8 Å². The second-order valence-electron chi connectivity index (χ2n) is 4.52. The fourth-order valence-electron chi connectivity index (χ4n) is 1.88. The lowest BCUT2D eigenvalue weighted by molar-refractivity contribution is -0.130. The molecule has 1 amide bonds. The van der Waals surface area contributed by atoms with Gasteiger partial charge in [0, 0.05) is 37.6 Å². The molecule has 100 valence electrons. The third kappa shape index (κ3) is 3.71. The largest absolute Gasteiger partial charge is 0.338 e. The van der Waals surface area contributed by atoms with Gasteiger partial charge in [0.15, 0.2) is 5.82 Å². The zero-order valence-corrected chi connectivity index (χ0v) is 11.6. The Morgan fingerprint density at radius 1 is 1.61 bits per heavy atom. The molecule has 0 aromatic carbocycles. The summed E-state index contributed by atoms with van der Waals surface area (Å²) in [6, 6.07) is 0.299. The molecule has 0 bridgehead atoms. The molecule has 7 heteroatoms. The molecule has 1 fully saturated rings. The van der Waals surface area contributed by atoms with E-state index in [-0.39, 0.29) is 5.91 Å².